The summed E-state index contributed by atoms with van der Waals surface area (Å²) in [5.41, 5.74) is 1.90. The lowest BCUT2D eigenvalue weighted by molar-refractivity contribution is -0.136. The van der Waals surface area contributed by atoms with Gasteiger partial charge in [-0.1, -0.05) is 12.1 Å². The molecule has 2 saturated heterocycles. The highest BCUT2D eigenvalue weighted by Crippen LogP contribution is 2.32. The Hall–Kier alpha value is -2.38. The Morgan fingerprint density at radius 2 is 1.93 bits per heavy atom. The molecular weight excluding hydrogens is 359 g/mol. The monoisotopic (exact) mass is 384 g/mol. The van der Waals surface area contributed by atoms with Gasteiger partial charge in [-0.3, -0.25) is 19.7 Å². The summed E-state index contributed by atoms with van der Waals surface area (Å²) in [7, 11) is 0. The van der Waals surface area contributed by atoms with E-state index in [1.54, 1.807) is 24.5 Å². The van der Waals surface area contributed by atoms with Gasteiger partial charge >= 0.3 is 0 Å². The van der Waals surface area contributed by atoms with E-state index in [-0.39, 0.29) is 17.6 Å². The Bertz CT molecular complexity index is 826. The first-order valence-corrected chi connectivity index (χ1v) is 9.86. The molecule has 7 heteroatoms. The van der Waals surface area contributed by atoms with E-state index in [9.17, 15) is 9.18 Å². The lowest BCUT2D eigenvalue weighted by Gasteiger charge is -2.34. The number of amides is 1. The Morgan fingerprint density at radius 3 is 2.75 bits per heavy atom. The third-order valence-corrected chi connectivity index (χ3v) is 5.47. The number of rotatable bonds is 4. The van der Waals surface area contributed by atoms with Gasteiger partial charge < -0.3 is 9.64 Å². The van der Waals surface area contributed by atoms with Crippen LogP contribution in [-0.4, -0.2) is 71.6 Å². The van der Waals surface area contributed by atoms with Crippen molar-refractivity contribution in [2.45, 2.75) is 18.8 Å². The molecule has 0 radical (unpaired) electrons. The molecule has 2 aliphatic heterocycles. The fraction of sp³-hybridized carbons (Fsp3) is 0.476. The summed E-state index contributed by atoms with van der Waals surface area (Å²) in [4.78, 5) is 25.6. The van der Waals surface area contributed by atoms with Gasteiger partial charge in [0.25, 0.3) is 0 Å². The maximum atomic E-state index is 14.3. The molecule has 2 aliphatic rings. The van der Waals surface area contributed by atoms with E-state index in [1.165, 1.54) is 6.07 Å². The minimum Gasteiger partial charge on any atom is -0.378 e. The van der Waals surface area contributed by atoms with Gasteiger partial charge in [-0.15, -0.1) is 0 Å². The number of morpholine rings is 1. The third kappa shape index (κ3) is 4.20. The number of benzene rings is 1. The quantitative estimate of drug-likeness (QED) is 0.810. The second-order valence-corrected chi connectivity index (χ2v) is 7.34. The van der Waals surface area contributed by atoms with Crippen molar-refractivity contribution in [3.63, 3.8) is 0 Å². The lowest BCUT2D eigenvalue weighted by atomic mass is 9.91. The molecule has 0 spiro atoms. The van der Waals surface area contributed by atoms with Crippen LogP contribution in [-0.2, 0) is 9.53 Å². The Labute approximate surface area is 164 Å². The standard InChI is InChI=1S/C21H25FN4O2/c22-18-6-2-1-5-17(18)21-20(23-7-8-24-21)16-4-3-9-25(14-16)15-19(27)26-10-12-28-13-11-26/h1-2,5-8,16H,3-4,9-15H2/t16-/m1/s1. The maximum Gasteiger partial charge on any atom is 0.236 e. The largest absolute Gasteiger partial charge is 0.378 e. The summed E-state index contributed by atoms with van der Waals surface area (Å²) in [6.45, 7) is 4.58. The second-order valence-electron chi connectivity index (χ2n) is 7.34. The van der Waals surface area contributed by atoms with Crippen LogP contribution in [0.15, 0.2) is 36.7 Å². The third-order valence-electron chi connectivity index (χ3n) is 5.47. The number of likely N-dealkylation sites (tertiary alicyclic amines) is 1. The topological polar surface area (TPSA) is 58.6 Å². The Balaban J connectivity index is 1.49. The van der Waals surface area contributed by atoms with Gasteiger partial charge in [0, 0.05) is 43.5 Å². The number of carbonyl (C=O) groups excluding carboxylic acids is 1. The molecule has 1 aromatic heterocycles. The highest BCUT2D eigenvalue weighted by atomic mass is 19.1. The van der Waals surface area contributed by atoms with E-state index in [0.29, 0.717) is 44.1 Å². The van der Waals surface area contributed by atoms with Crippen LogP contribution in [0.5, 0.6) is 0 Å². The second kappa shape index (κ2) is 8.75. The van der Waals surface area contributed by atoms with Gasteiger partial charge in [-0.2, -0.15) is 0 Å². The number of piperidine rings is 1. The van der Waals surface area contributed by atoms with E-state index in [1.807, 2.05) is 11.0 Å². The number of halogens is 1. The van der Waals surface area contributed by atoms with Crippen LogP contribution < -0.4 is 0 Å². The Kier molecular flexibility index (Phi) is 5.92. The van der Waals surface area contributed by atoms with Gasteiger partial charge in [0.05, 0.1) is 31.1 Å². The normalized spacial score (nSPS) is 20.9. The van der Waals surface area contributed by atoms with Crippen molar-refractivity contribution >= 4 is 5.91 Å². The number of nitrogens with zero attached hydrogens (tertiary/aromatic N) is 4. The van der Waals surface area contributed by atoms with Crippen LogP contribution in [0.3, 0.4) is 0 Å². The molecule has 6 nitrogen and oxygen atoms in total. The Morgan fingerprint density at radius 1 is 1.14 bits per heavy atom. The molecule has 1 amide bonds. The summed E-state index contributed by atoms with van der Waals surface area (Å²) in [5.74, 6) is -0.00798. The van der Waals surface area contributed by atoms with Crippen LogP contribution in [0.1, 0.15) is 24.5 Å². The molecule has 28 heavy (non-hydrogen) atoms. The van der Waals surface area contributed by atoms with Gasteiger partial charge in [0.2, 0.25) is 5.91 Å². The zero-order valence-corrected chi connectivity index (χ0v) is 15.9. The molecule has 2 aromatic rings. The molecule has 0 unspecified atom stereocenters. The fourth-order valence-electron chi connectivity index (χ4n) is 4.03. The van der Waals surface area contributed by atoms with Gasteiger partial charge in [0.1, 0.15) is 5.82 Å². The van der Waals surface area contributed by atoms with Crippen LogP contribution in [0, 0.1) is 5.82 Å². The molecule has 0 N–H and O–H groups in total. The summed E-state index contributed by atoms with van der Waals surface area (Å²) >= 11 is 0. The maximum absolute atomic E-state index is 14.3. The summed E-state index contributed by atoms with van der Waals surface area (Å²) in [6.07, 6.45) is 5.21. The SMILES string of the molecule is O=C(CN1CCC[C@@H](c2nccnc2-c2ccccc2F)C1)N1CCOCC1. The van der Waals surface area contributed by atoms with Crippen molar-refractivity contribution in [3.05, 3.63) is 48.2 Å². The number of aromatic nitrogens is 2. The van der Waals surface area contributed by atoms with E-state index in [0.717, 1.165) is 31.6 Å². The van der Waals surface area contributed by atoms with Crippen LogP contribution in [0.2, 0.25) is 0 Å². The molecule has 148 valence electrons. The number of hydrogen-bond acceptors (Lipinski definition) is 5. The molecular formula is C21H25FN4O2. The highest BCUT2D eigenvalue weighted by Gasteiger charge is 2.28. The van der Waals surface area contributed by atoms with Crippen molar-refractivity contribution in [2.75, 3.05) is 45.9 Å². The minimum absolute atomic E-state index is 0.134. The average Bonchev–Trinajstić information content (AvgIpc) is 2.75. The first-order valence-electron chi connectivity index (χ1n) is 9.86. The summed E-state index contributed by atoms with van der Waals surface area (Å²) in [6, 6.07) is 6.67. The molecule has 4 rings (SSSR count). The number of carbonyl (C=O) groups is 1. The van der Waals surface area contributed by atoms with Gasteiger partial charge in [0.15, 0.2) is 0 Å². The first kappa shape index (κ1) is 19.0. The molecule has 0 saturated carbocycles. The number of hydrogen-bond donors (Lipinski definition) is 0. The first-order chi connectivity index (χ1) is 13.7. The smallest absolute Gasteiger partial charge is 0.236 e. The fourth-order valence-corrected chi connectivity index (χ4v) is 4.03. The molecule has 0 aliphatic carbocycles. The van der Waals surface area contributed by atoms with Crippen molar-refractivity contribution in [1.82, 2.24) is 19.8 Å². The van der Waals surface area contributed by atoms with Crippen molar-refractivity contribution in [1.29, 1.82) is 0 Å². The van der Waals surface area contributed by atoms with Crippen LogP contribution in [0.25, 0.3) is 11.3 Å². The van der Waals surface area contributed by atoms with Crippen LogP contribution in [0.4, 0.5) is 4.39 Å². The average molecular weight is 384 g/mol. The molecule has 3 heterocycles. The van der Waals surface area contributed by atoms with Crippen molar-refractivity contribution in [2.24, 2.45) is 0 Å². The molecule has 1 atom stereocenters. The minimum atomic E-state index is -0.292. The zero-order valence-electron chi connectivity index (χ0n) is 15.9. The van der Waals surface area contributed by atoms with Crippen molar-refractivity contribution < 1.29 is 13.9 Å². The summed E-state index contributed by atoms with van der Waals surface area (Å²) < 4.78 is 19.7. The molecule has 0 bridgehead atoms. The predicted molar refractivity (Wildman–Crippen MR) is 103 cm³/mol. The van der Waals surface area contributed by atoms with Crippen molar-refractivity contribution in [3.8, 4) is 11.3 Å². The zero-order chi connectivity index (χ0) is 19.3. The highest BCUT2D eigenvalue weighted by molar-refractivity contribution is 5.78. The lowest BCUT2D eigenvalue weighted by Crippen LogP contribution is -2.47. The van der Waals surface area contributed by atoms with E-state index >= 15 is 0 Å². The predicted octanol–water partition coefficient (Wildman–Crippen LogP) is 2.32. The summed E-state index contributed by atoms with van der Waals surface area (Å²) in [5, 5.41) is 0. The van der Waals surface area contributed by atoms with E-state index in [2.05, 4.69) is 14.9 Å². The van der Waals surface area contributed by atoms with Gasteiger partial charge in [-0.25, -0.2) is 4.39 Å². The molecule has 2 fully saturated rings. The molecule has 1 aromatic carbocycles. The van der Waals surface area contributed by atoms with Crippen LogP contribution >= 0.6 is 0 Å². The number of ether oxygens (including phenoxy) is 1. The van der Waals surface area contributed by atoms with E-state index < -0.39 is 0 Å². The van der Waals surface area contributed by atoms with E-state index in [4.69, 9.17) is 4.74 Å². The van der Waals surface area contributed by atoms with Gasteiger partial charge in [-0.05, 0) is 31.5 Å².